The van der Waals surface area contributed by atoms with Crippen LogP contribution in [-0.2, 0) is 7.05 Å². The van der Waals surface area contributed by atoms with E-state index in [1.807, 2.05) is 38.1 Å². The summed E-state index contributed by atoms with van der Waals surface area (Å²) in [5.74, 6) is 1.66. The monoisotopic (exact) mass is 357 g/mol. The molecule has 6 nitrogen and oxygen atoms in total. The maximum absolute atomic E-state index is 12.9. The van der Waals surface area contributed by atoms with Crippen LogP contribution in [0, 0.1) is 0 Å². The van der Waals surface area contributed by atoms with Gasteiger partial charge in [0.1, 0.15) is 22.8 Å². The van der Waals surface area contributed by atoms with Gasteiger partial charge in [-0.2, -0.15) is 5.10 Å². The molecule has 6 heteroatoms. The Morgan fingerprint density at radius 1 is 1.38 bits per heavy atom. The van der Waals surface area contributed by atoms with E-state index in [2.05, 4.69) is 24.3 Å². The molecule has 0 aliphatic carbocycles. The van der Waals surface area contributed by atoms with E-state index in [0.717, 1.165) is 22.8 Å². The normalized spacial score (nSPS) is 18.2. The van der Waals surface area contributed by atoms with Crippen LogP contribution in [0.2, 0.25) is 0 Å². The van der Waals surface area contributed by atoms with Crippen LogP contribution in [0.15, 0.2) is 24.3 Å². The van der Waals surface area contributed by atoms with Crippen molar-refractivity contribution in [3.63, 3.8) is 0 Å². The van der Waals surface area contributed by atoms with Crippen molar-refractivity contribution in [3.8, 4) is 11.5 Å². The van der Waals surface area contributed by atoms with Crippen LogP contribution in [0.3, 0.4) is 0 Å². The fourth-order valence-electron chi connectivity index (χ4n) is 3.30. The summed E-state index contributed by atoms with van der Waals surface area (Å²) >= 11 is 0. The van der Waals surface area contributed by atoms with Gasteiger partial charge in [0.2, 0.25) is 0 Å². The van der Waals surface area contributed by atoms with Gasteiger partial charge in [-0.25, -0.2) is 0 Å². The van der Waals surface area contributed by atoms with E-state index in [-0.39, 0.29) is 23.5 Å². The van der Waals surface area contributed by atoms with E-state index in [0.29, 0.717) is 12.1 Å². The average molecular weight is 357 g/mol. The summed E-state index contributed by atoms with van der Waals surface area (Å²) < 4.78 is 13.0. The molecule has 0 radical (unpaired) electrons. The van der Waals surface area contributed by atoms with Crippen molar-refractivity contribution < 1.29 is 14.3 Å². The van der Waals surface area contributed by atoms with Gasteiger partial charge >= 0.3 is 0 Å². The molecule has 1 aliphatic rings. The molecule has 0 fully saturated rings. The highest BCUT2D eigenvalue weighted by molar-refractivity contribution is 5.93. The molecule has 1 N–H and O–H groups in total. The smallest absolute Gasteiger partial charge is 0.270 e. The summed E-state index contributed by atoms with van der Waals surface area (Å²) in [4.78, 5) is 12.9. The maximum atomic E-state index is 12.9. The summed E-state index contributed by atoms with van der Waals surface area (Å²) in [6.07, 6.45) is 0.674. The number of aromatic nitrogens is 2. The predicted octanol–water partition coefficient (Wildman–Crippen LogP) is 3.58. The highest BCUT2D eigenvalue weighted by Gasteiger charge is 2.35. The third-order valence-electron chi connectivity index (χ3n) is 4.70. The minimum atomic E-state index is -0.366. The van der Waals surface area contributed by atoms with Gasteiger partial charge in [0.05, 0.1) is 18.8 Å². The number of hydrogen-bond acceptors (Lipinski definition) is 4. The molecular weight excluding hydrogens is 330 g/mol. The molecule has 0 bridgehead atoms. The molecule has 2 heterocycles. The van der Waals surface area contributed by atoms with Crippen molar-refractivity contribution in [2.75, 3.05) is 7.11 Å². The number of aryl methyl sites for hydroxylation is 1. The van der Waals surface area contributed by atoms with E-state index in [9.17, 15) is 4.79 Å². The van der Waals surface area contributed by atoms with Gasteiger partial charge in [0, 0.05) is 19.0 Å². The minimum absolute atomic E-state index is 0.136. The van der Waals surface area contributed by atoms with Crippen LogP contribution in [0.25, 0.3) is 0 Å². The number of carbonyl (C=O) groups excluding carboxylic acids is 1. The van der Waals surface area contributed by atoms with Gasteiger partial charge in [-0.3, -0.25) is 9.48 Å². The van der Waals surface area contributed by atoms with Crippen molar-refractivity contribution in [1.82, 2.24) is 15.1 Å². The summed E-state index contributed by atoms with van der Waals surface area (Å²) in [5, 5.41) is 7.59. The Bertz CT molecular complexity index is 824. The molecule has 0 saturated carbocycles. The van der Waals surface area contributed by atoms with E-state index >= 15 is 0 Å². The van der Waals surface area contributed by atoms with Gasteiger partial charge in [0.25, 0.3) is 5.91 Å². The van der Waals surface area contributed by atoms with E-state index in [4.69, 9.17) is 9.47 Å². The summed E-state index contributed by atoms with van der Waals surface area (Å²) in [6.45, 7) is 8.18. The molecule has 1 unspecified atom stereocenters. The number of methoxy groups -OCH3 is 1. The topological polar surface area (TPSA) is 65.4 Å². The van der Waals surface area contributed by atoms with Crippen LogP contribution in [0.5, 0.6) is 11.5 Å². The van der Waals surface area contributed by atoms with Crippen LogP contribution in [0.4, 0.5) is 0 Å². The van der Waals surface area contributed by atoms with Gasteiger partial charge in [-0.15, -0.1) is 0 Å². The number of hydrogen-bond donors (Lipinski definition) is 1. The van der Waals surface area contributed by atoms with E-state index < -0.39 is 0 Å². The number of benzene rings is 1. The Morgan fingerprint density at radius 2 is 2.12 bits per heavy atom. The maximum Gasteiger partial charge on any atom is 0.270 e. The lowest BCUT2D eigenvalue weighted by molar-refractivity contribution is 0.0615. The molecule has 1 aromatic carbocycles. The molecule has 0 spiro atoms. The Balaban J connectivity index is 1.90. The average Bonchev–Trinajstić information content (AvgIpc) is 2.96. The summed E-state index contributed by atoms with van der Waals surface area (Å²) in [5.41, 5.74) is 2.03. The fraction of sp³-hybridized carbons (Fsp3) is 0.500. The molecule has 3 rings (SSSR count). The zero-order chi connectivity index (χ0) is 19.1. The van der Waals surface area contributed by atoms with Gasteiger partial charge in [0.15, 0.2) is 0 Å². The lowest BCUT2D eigenvalue weighted by Crippen LogP contribution is -2.41. The fourth-order valence-corrected chi connectivity index (χ4v) is 3.30. The lowest BCUT2D eigenvalue weighted by Gasteiger charge is -2.38. The molecular formula is C20H27N3O3. The first-order valence-electron chi connectivity index (χ1n) is 8.92. The van der Waals surface area contributed by atoms with Crippen molar-refractivity contribution in [1.29, 1.82) is 0 Å². The third kappa shape index (κ3) is 3.54. The second-order valence-electron chi connectivity index (χ2n) is 7.73. The Morgan fingerprint density at radius 3 is 2.73 bits per heavy atom. The number of ether oxygens (including phenoxy) is 2. The number of rotatable bonds is 4. The van der Waals surface area contributed by atoms with Crippen molar-refractivity contribution in [2.24, 2.45) is 7.05 Å². The Kier molecular flexibility index (Phi) is 4.69. The molecule has 1 amide bonds. The standard InChI is InChI=1S/C20H27N3O3/c1-12(2)15-10-17(23(5)22-15)19(24)21-16-11-20(3,4)26-18-8-7-13(25-6)9-14(16)18/h7-10,12,16H,11H2,1-6H3,(H,21,24). The molecule has 1 aromatic heterocycles. The number of fused-ring (bicyclic) bond motifs is 1. The Hall–Kier alpha value is -2.50. The SMILES string of the molecule is COc1ccc2c(c1)C(NC(=O)c1cc(C(C)C)nn1C)CC(C)(C)O2. The number of nitrogens with zero attached hydrogens (tertiary/aromatic N) is 2. The van der Waals surface area contributed by atoms with Crippen molar-refractivity contribution in [3.05, 3.63) is 41.2 Å². The number of amides is 1. The molecule has 1 atom stereocenters. The second-order valence-corrected chi connectivity index (χ2v) is 7.73. The van der Waals surface area contributed by atoms with Crippen LogP contribution in [-0.4, -0.2) is 28.4 Å². The zero-order valence-corrected chi connectivity index (χ0v) is 16.3. The largest absolute Gasteiger partial charge is 0.497 e. The van der Waals surface area contributed by atoms with Crippen LogP contribution >= 0.6 is 0 Å². The molecule has 2 aromatic rings. The molecule has 140 valence electrons. The highest BCUT2D eigenvalue weighted by atomic mass is 16.5. The predicted molar refractivity (Wildman–Crippen MR) is 99.8 cm³/mol. The third-order valence-corrected chi connectivity index (χ3v) is 4.70. The van der Waals surface area contributed by atoms with E-state index in [1.165, 1.54) is 0 Å². The number of nitrogens with one attached hydrogen (secondary N) is 1. The molecule has 1 aliphatic heterocycles. The van der Waals surface area contributed by atoms with Gasteiger partial charge in [-0.1, -0.05) is 13.8 Å². The summed E-state index contributed by atoms with van der Waals surface area (Å²) in [7, 11) is 3.43. The molecule has 26 heavy (non-hydrogen) atoms. The first-order valence-corrected chi connectivity index (χ1v) is 8.92. The van der Waals surface area contributed by atoms with Gasteiger partial charge < -0.3 is 14.8 Å². The Labute approximate surface area is 154 Å². The van der Waals surface area contributed by atoms with Crippen molar-refractivity contribution >= 4 is 5.91 Å². The van der Waals surface area contributed by atoms with Crippen molar-refractivity contribution in [2.45, 2.75) is 51.7 Å². The van der Waals surface area contributed by atoms with E-state index in [1.54, 1.807) is 18.8 Å². The van der Waals surface area contributed by atoms with Gasteiger partial charge in [-0.05, 0) is 44.0 Å². The quantitative estimate of drug-likeness (QED) is 0.908. The molecule has 0 saturated heterocycles. The highest BCUT2D eigenvalue weighted by Crippen LogP contribution is 2.41. The lowest BCUT2D eigenvalue weighted by atomic mass is 9.89. The summed E-state index contributed by atoms with van der Waals surface area (Å²) in [6, 6.07) is 7.40. The first-order chi connectivity index (χ1) is 12.2. The zero-order valence-electron chi connectivity index (χ0n) is 16.3. The number of carbonyl (C=O) groups is 1. The van der Waals surface area contributed by atoms with Crippen LogP contribution in [0.1, 0.15) is 67.8 Å². The first kappa shape index (κ1) is 18.3. The second kappa shape index (κ2) is 6.67. The van der Waals surface area contributed by atoms with Crippen LogP contribution < -0.4 is 14.8 Å². The minimum Gasteiger partial charge on any atom is -0.497 e.